The van der Waals surface area contributed by atoms with E-state index in [-0.39, 0.29) is 18.8 Å². The molecule has 0 aliphatic carbocycles. The van der Waals surface area contributed by atoms with Gasteiger partial charge in [0, 0.05) is 12.6 Å². The van der Waals surface area contributed by atoms with E-state index < -0.39 is 0 Å². The van der Waals surface area contributed by atoms with Gasteiger partial charge in [-0.05, 0) is 38.0 Å². The van der Waals surface area contributed by atoms with E-state index in [1.807, 2.05) is 38.1 Å². The molecule has 0 saturated heterocycles. The summed E-state index contributed by atoms with van der Waals surface area (Å²) >= 11 is 0. The van der Waals surface area contributed by atoms with Crippen LogP contribution in [0.25, 0.3) is 0 Å². The molecule has 15 heavy (non-hydrogen) atoms. The highest BCUT2D eigenvalue weighted by molar-refractivity contribution is 5.29. The van der Waals surface area contributed by atoms with E-state index in [0.717, 1.165) is 11.3 Å². The number of hydrogen-bond donors (Lipinski definition) is 2. The molecule has 0 spiro atoms. The van der Waals surface area contributed by atoms with Crippen molar-refractivity contribution in [2.75, 3.05) is 6.61 Å². The first kappa shape index (κ1) is 12.0. The summed E-state index contributed by atoms with van der Waals surface area (Å²) in [6.07, 6.45) is 0.770. The average Bonchev–Trinajstić information content (AvgIpc) is 2.18. The molecule has 3 nitrogen and oxygen atoms in total. The molecule has 3 N–H and O–H groups in total. The molecule has 0 aliphatic heterocycles. The van der Waals surface area contributed by atoms with Crippen LogP contribution in [0.15, 0.2) is 24.3 Å². The average molecular weight is 209 g/mol. The largest absolute Gasteiger partial charge is 0.491 e. The van der Waals surface area contributed by atoms with Gasteiger partial charge in [0.25, 0.3) is 0 Å². The van der Waals surface area contributed by atoms with Crippen LogP contribution in [0.4, 0.5) is 0 Å². The van der Waals surface area contributed by atoms with Gasteiger partial charge in [-0.15, -0.1) is 0 Å². The number of benzene rings is 1. The van der Waals surface area contributed by atoms with Crippen molar-refractivity contribution >= 4 is 0 Å². The van der Waals surface area contributed by atoms with E-state index in [2.05, 4.69) is 0 Å². The minimum absolute atomic E-state index is 0.0944. The van der Waals surface area contributed by atoms with Crippen LogP contribution in [0.1, 0.15) is 31.9 Å². The van der Waals surface area contributed by atoms with Crippen LogP contribution in [0.5, 0.6) is 5.75 Å². The molecule has 1 aromatic carbocycles. The Bertz CT molecular complexity index is 282. The second kappa shape index (κ2) is 5.73. The molecule has 0 heterocycles. The zero-order valence-corrected chi connectivity index (χ0v) is 9.31. The molecule has 0 fully saturated rings. The van der Waals surface area contributed by atoms with Crippen LogP contribution < -0.4 is 10.5 Å². The Morgan fingerprint density at radius 1 is 1.27 bits per heavy atom. The highest BCUT2D eigenvalue weighted by atomic mass is 16.5. The lowest BCUT2D eigenvalue weighted by Crippen LogP contribution is -2.12. The van der Waals surface area contributed by atoms with Crippen LogP contribution >= 0.6 is 0 Å². The fraction of sp³-hybridized carbons (Fsp3) is 0.500. The van der Waals surface area contributed by atoms with Crippen LogP contribution in [0, 0.1) is 0 Å². The first-order valence-corrected chi connectivity index (χ1v) is 5.26. The van der Waals surface area contributed by atoms with Crippen LogP contribution in [0.3, 0.4) is 0 Å². The number of hydrogen-bond acceptors (Lipinski definition) is 3. The molecule has 0 saturated carbocycles. The van der Waals surface area contributed by atoms with E-state index >= 15 is 0 Å². The monoisotopic (exact) mass is 209 g/mol. The van der Waals surface area contributed by atoms with Gasteiger partial charge in [0.2, 0.25) is 0 Å². The fourth-order valence-electron chi connectivity index (χ4n) is 1.37. The smallest absolute Gasteiger partial charge is 0.119 e. The summed E-state index contributed by atoms with van der Waals surface area (Å²) in [7, 11) is 0. The van der Waals surface area contributed by atoms with Crippen molar-refractivity contribution in [3.05, 3.63) is 29.8 Å². The maximum atomic E-state index is 8.77. The Hall–Kier alpha value is -1.06. The Morgan fingerprint density at radius 3 is 2.33 bits per heavy atom. The second-order valence-electron chi connectivity index (χ2n) is 3.85. The third kappa shape index (κ3) is 3.90. The molecule has 0 radical (unpaired) electrons. The van der Waals surface area contributed by atoms with Crippen LogP contribution in [-0.4, -0.2) is 17.8 Å². The second-order valence-corrected chi connectivity index (χ2v) is 3.85. The quantitative estimate of drug-likeness (QED) is 0.778. The molecule has 1 aromatic rings. The summed E-state index contributed by atoms with van der Waals surface area (Å²) in [4.78, 5) is 0. The molecule has 0 unspecified atom stereocenters. The van der Waals surface area contributed by atoms with Crippen molar-refractivity contribution in [1.29, 1.82) is 0 Å². The number of aliphatic hydroxyl groups excluding tert-OH is 1. The molecule has 1 atom stereocenters. The lowest BCUT2D eigenvalue weighted by atomic mass is 10.1. The summed E-state index contributed by atoms with van der Waals surface area (Å²) < 4.78 is 5.52. The van der Waals surface area contributed by atoms with E-state index in [1.165, 1.54) is 0 Å². The maximum absolute atomic E-state index is 8.77. The summed E-state index contributed by atoms with van der Waals surface area (Å²) in [6, 6.07) is 7.61. The summed E-state index contributed by atoms with van der Waals surface area (Å²) in [5.41, 5.74) is 6.88. The SMILES string of the molecule is CC(C)Oc1ccc([C@@H](N)CCO)cc1. The minimum Gasteiger partial charge on any atom is -0.491 e. The van der Waals surface area contributed by atoms with Crippen molar-refractivity contribution in [2.45, 2.75) is 32.4 Å². The predicted molar refractivity (Wildman–Crippen MR) is 60.8 cm³/mol. The van der Waals surface area contributed by atoms with Gasteiger partial charge in [0.15, 0.2) is 0 Å². The van der Waals surface area contributed by atoms with Gasteiger partial charge >= 0.3 is 0 Å². The fourth-order valence-corrected chi connectivity index (χ4v) is 1.37. The third-order valence-corrected chi connectivity index (χ3v) is 2.12. The topological polar surface area (TPSA) is 55.5 Å². The summed E-state index contributed by atoms with van der Waals surface area (Å²) in [5.74, 6) is 0.852. The van der Waals surface area contributed by atoms with E-state index in [9.17, 15) is 0 Å². The maximum Gasteiger partial charge on any atom is 0.119 e. The Labute approximate surface area is 90.9 Å². The molecule has 0 bridgehead atoms. The predicted octanol–water partition coefficient (Wildman–Crippen LogP) is 1.86. The number of aliphatic hydroxyl groups is 1. The molecule has 0 aliphatic rings. The highest BCUT2D eigenvalue weighted by Gasteiger charge is 2.05. The van der Waals surface area contributed by atoms with Crippen molar-refractivity contribution in [3.63, 3.8) is 0 Å². The van der Waals surface area contributed by atoms with Crippen LogP contribution in [-0.2, 0) is 0 Å². The molecule has 3 heteroatoms. The molecule has 0 aromatic heterocycles. The molecule has 0 amide bonds. The van der Waals surface area contributed by atoms with E-state index in [1.54, 1.807) is 0 Å². The van der Waals surface area contributed by atoms with Gasteiger partial charge in [0.1, 0.15) is 5.75 Å². The zero-order valence-electron chi connectivity index (χ0n) is 9.31. The number of ether oxygens (including phenoxy) is 1. The summed E-state index contributed by atoms with van der Waals surface area (Å²) in [6.45, 7) is 4.10. The lowest BCUT2D eigenvalue weighted by molar-refractivity contribution is 0.242. The lowest BCUT2D eigenvalue weighted by Gasteiger charge is -2.13. The number of nitrogens with two attached hydrogens (primary N) is 1. The van der Waals surface area contributed by atoms with Crippen LogP contribution in [0.2, 0.25) is 0 Å². The molecular weight excluding hydrogens is 190 g/mol. The standard InChI is InChI=1S/C12H19NO2/c1-9(2)15-11-5-3-10(4-6-11)12(13)7-8-14/h3-6,9,12,14H,7-8,13H2,1-2H3/t12-/m0/s1. The van der Waals surface area contributed by atoms with E-state index in [0.29, 0.717) is 6.42 Å². The zero-order chi connectivity index (χ0) is 11.3. The normalized spacial score (nSPS) is 12.9. The van der Waals surface area contributed by atoms with E-state index in [4.69, 9.17) is 15.6 Å². The van der Waals surface area contributed by atoms with Gasteiger partial charge in [-0.3, -0.25) is 0 Å². The van der Waals surface area contributed by atoms with Crippen molar-refractivity contribution in [1.82, 2.24) is 0 Å². The van der Waals surface area contributed by atoms with Gasteiger partial charge in [-0.25, -0.2) is 0 Å². The minimum atomic E-state index is -0.0944. The van der Waals surface area contributed by atoms with Crippen molar-refractivity contribution in [2.24, 2.45) is 5.73 Å². The van der Waals surface area contributed by atoms with Gasteiger partial charge in [-0.2, -0.15) is 0 Å². The Kier molecular flexibility index (Phi) is 4.59. The Balaban J connectivity index is 2.63. The Morgan fingerprint density at radius 2 is 1.87 bits per heavy atom. The van der Waals surface area contributed by atoms with Crippen molar-refractivity contribution < 1.29 is 9.84 Å². The summed E-state index contributed by atoms with van der Waals surface area (Å²) in [5, 5.41) is 8.77. The first-order valence-electron chi connectivity index (χ1n) is 5.26. The molecular formula is C12H19NO2. The number of rotatable bonds is 5. The highest BCUT2D eigenvalue weighted by Crippen LogP contribution is 2.18. The first-order chi connectivity index (χ1) is 7.13. The molecule has 84 valence electrons. The van der Waals surface area contributed by atoms with Gasteiger partial charge < -0.3 is 15.6 Å². The molecule has 1 rings (SSSR count). The third-order valence-electron chi connectivity index (χ3n) is 2.12. The van der Waals surface area contributed by atoms with Crippen molar-refractivity contribution in [3.8, 4) is 5.75 Å². The van der Waals surface area contributed by atoms with Gasteiger partial charge in [-0.1, -0.05) is 12.1 Å². The van der Waals surface area contributed by atoms with Gasteiger partial charge in [0.05, 0.1) is 6.10 Å².